The van der Waals surface area contributed by atoms with Crippen LogP contribution >= 0.6 is 15.9 Å². The number of hydrogen-bond acceptors (Lipinski definition) is 4. The largest absolute Gasteiger partial charge is 0.491 e. The van der Waals surface area contributed by atoms with E-state index in [0.29, 0.717) is 12.6 Å². The number of benzene rings is 1. The molecule has 0 unspecified atom stereocenters. The van der Waals surface area contributed by atoms with E-state index in [2.05, 4.69) is 30.8 Å². The summed E-state index contributed by atoms with van der Waals surface area (Å²) in [5.41, 5.74) is 0. The molecule has 0 N–H and O–H groups in total. The molecule has 1 aromatic heterocycles. The van der Waals surface area contributed by atoms with E-state index in [1.54, 1.807) is 12.5 Å². The van der Waals surface area contributed by atoms with E-state index in [4.69, 9.17) is 4.74 Å². The van der Waals surface area contributed by atoms with E-state index >= 15 is 0 Å². The van der Waals surface area contributed by atoms with E-state index < -0.39 is 0 Å². The Bertz CT molecular complexity index is 547. The van der Waals surface area contributed by atoms with Gasteiger partial charge in [-0.3, -0.25) is 0 Å². The van der Waals surface area contributed by atoms with Crippen LogP contribution in [-0.4, -0.2) is 29.2 Å². The van der Waals surface area contributed by atoms with Crippen molar-refractivity contribution in [2.75, 3.05) is 18.1 Å². The first-order chi connectivity index (χ1) is 9.83. The maximum Gasteiger partial charge on any atom is 0.132 e. The number of halogens is 1. The predicted octanol–water partition coefficient (Wildman–Crippen LogP) is 3.29. The van der Waals surface area contributed by atoms with E-state index in [-0.39, 0.29) is 0 Å². The van der Waals surface area contributed by atoms with Gasteiger partial charge in [-0.2, -0.15) is 0 Å². The third kappa shape index (κ3) is 3.10. The highest BCUT2D eigenvalue weighted by molar-refractivity contribution is 9.10. The van der Waals surface area contributed by atoms with Gasteiger partial charge in [0.25, 0.3) is 0 Å². The molecule has 0 radical (unpaired) electrons. The van der Waals surface area contributed by atoms with Crippen molar-refractivity contribution in [2.24, 2.45) is 0 Å². The molecule has 1 aliphatic rings. The summed E-state index contributed by atoms with van der Waals surface area (Å²) in [6.45, 7) is 1.72. The molecule has 0 saturated carbocycles. The highest BCUT2D eigenvalue weighted by Crippen LogP contribution is 2.24. The minimum atomic E-state index is 0.383. The molecule has 4 nitrogen and oxygen atoms in total. The molecule has 104 valence electrons. The SMILES string of the molecule is Brc1ccc(OC[C@@H]2CCCN2c2ccncn2)cc1. The number of rotatable bonds is 4. The van der Waals surface area contributed by atoms with Crippen LogP contribution in [0.15, 0.2) is 47.3 Å². The summed E-state index contributed by atoms with van der Waals surface area (Å²) in [7, 11) is 0. The lowest BCUT2D eigenvalue weighted by molar-refractivity contribution is 0.288. The van der Waals surface area contributed by atoms with Crippen LogP contribution in [0.5, 0.6) is 5.75 Å². The Hall–Kier alpha value is -1.62. The number of aromatic nitrogens is 2. The topological polar surface area (TPSA) is 38.2 Å². The molecule has 1 aliphatic heterocycles. The van der Waals surface area contributed by atoms with E-state index in [1.807, 2.05) is 30.3 Å². The molecule has 2 aromatic rings. The van der Waals surface area contributed by atoms with Crippen LogP contribution in [0.3, 0.4) is 0 Å². The lowest BCUT2D eigenvalue weighted by Crippen LogP contribution is -2.34. The third-order valence-corrected chi connectivity index (χ3v) is 4.02. The van der Waals surface area contributed by atoms with Gasteiger partial charge in [-0.25, -0.2) is 9.97 Å². The zero-order valence-electron chi connectivity index (χ0n) is 11.1. The van der Waals surface area contributed by atoms with Crippen molar-refractivity contribution < 1.29 is 4.74 Å². The zero-order valence-corrected chi connectivity index (χ0v) is 12.7. The second kappa shape index (κ2) is 6.22. The summed E-state index contributed by atoms with van der Waals surface area (Å²) in [5, 5.41) is 0. The van der Waals surface area contributed by atoms with E-state index in [1.165, 1.54) is 6.42 Å². The van der Waals surface area contributed by atoms with Crippen LogP contribution in [0.1, 0.15) is 12.8 Å². The van der Waals surface area contributed by atoms with Crippen LogP contribution in [0.2, 0.25) is 0 Å². The fraction of sp³-hybridized carbons (Fsp3) is 0.333. The molecule has 1 saturated heterocycles. The van der Waals surface area contributed by atoms with Crippen molar-refractivity contribution in [3.05, 3.63) is 47.3 Å². The molecule has 0 amide bonds. The monoisotopic (exact) mass is 333 g/mol. The molecule has 20 heavy (non-hydrogen) atoms. The lowest BCUT2D eigenvalue weighted by atomic mass is 10.2. The van der Waals surface area contributed by atoms with Crippen molar-refractivity contribution in [1.82, 2.24) is 9.97 Å². The normalized spacial score (nSPS) is 18.2. The molecule has 1 fully saturated rings. The number of anilines is 1. The van der Waals surface area contributed by atoms with Gasteiger partial charge in [0.15, 0.2) is 0 Å². The second-order valence-corrected chi connectivity index (χ2v) is 5.74. The first kappa shape index (κ1) is 13.4. The van der Waals surface area contributed by atoms with Crippen LogP contribution in [0.25, 0.3) is 0 Å². The molecule has 5 heteroatoms. The third-order valence-electron chi connectivity index (χ3n) is 3.49. The maximum absolute atomic E-state index is 5.89. The summed E-state index contributed by atoms with van der Waals surface area (Å²) < 4.78 is 6.95. The van der Waals surface area contributed by atoms with Gasteiger partial charge in [0, 0.05) is 17.2 Å². The van der Waals surface area contributed by atoms with Crippen LogP contribution in [0, 0.1) is 0 Å². The van der Waals surface area contributed by atoms with Gasteiger partial charge < -0.3 is 9.64 Å². The van der Waals surface area contributed by atoms with Gasteiger partial charge in [-0.05, 0) is 43.2 Å². The van der Waals surface area contributed by atoms with Gasteiger partial charge in [0.1, 0.15) is 24.5 Å². The summed E-state index contributed by atoms with van der Waals surface area (Å²) in [4.78, 5) is 10.6. The van der Waals surface area contributed by atoms with Crippen LogP contribution in [0.4, 0.5) is 5.82 Å². The smallest absolute Gasteiger partial charge is 0.132 e. The molecule has 0 bridgehead atoms. The Morgan fingerprint density at radius 3 is 2.85 bits per heavy atom. The highest BCUT2D eigenvalue weighted by Gasteiger charge is 2.26. The minimum absolute atomic E-state index is 0.383. The van der Waals surface area contributed by atoms with Crippen molar-refractivity contribution in [3.63, 3.8) is 0 Å². The fourth-order valence-electron chi connectivity index (χ4n) is 2.49. The summed E-state index contributed by atoms with van der Waals surface area (Å²) >= 11 is 3.42. The number of ether oxygens (including phenoxy) is 1. The molecule has 3 rings (SSSR count). The Morgan fingerprint density at radius 1 is 1.25 bits per heavy atom. The van der Waals surface area contributed by atoms with Crippen LogP contribution < -0.4 is 9.64 Å². The van der Waals surface area contributed by atoms with Gasteiger partial charge in [-0.1, -0.05) is 15.9 Å². The Balaban J connectivity index is 1.63. The zero-order chi connectivity index (χ0) is 13.8. The van der Waals surface area contributed by atoms with E-state index in [9.17, 15) is 0 Å². The first-order valence-electron chi connectivity index (χ1n) is 6.74. The van der Waals surface area contributed by atoms with Crippen molar-refractivity contribution >= 4 is 21.7 Å². The van der Waals surface area contributed by atoms with E-state index in [0.717, 1.165) is 29.0 Å². The molecular formula is C15H16BrN3O. The van der Waals surface area contributed by atoms with Gasteiger partial charge >= 0.3 is 0 Å². The Morgan fingerprint density at radius 2 is 2.10 bits per heavy atom. The molecule has 0 aliphatic carbocycles. The molecular weight excluding hydrogens is 318 g/mol. The molecule has 0 spiro atoms. The minimum Gasteiger partial charge on any atom is -0.491 e. The standard InChI is InChI=1S/C15H16BrN3O/c16-12-3-5-14(6-4-12)20-10-13-2-1-9-19(13)15-7-8-17-11-18-15/h3-8,11,13H,1-2,9-10H2/t13-/m0/s1. The average molecular weight is 334 g/mol. The average Bonchev–Trinajstić information content (AvgIpc) is 2.96. The van der Waals surface area contributed by atoms with Gasteiger partial charge in [-0.15, -0.1) is 0 Å². The molecule has 1 aromatic carbocycles. The molecule has 1 atom stereocenters. The van der Waals surface area contributed by atoms with Crippen molar-refractivity contribution in [1.29, 1.82) is 0 Å². The van der Waals surface area contributed by atoms with Gasteiger partial charge in [0.2, 0.25) is 0 Å². The maximum atomic E-state index is 5.89. The Labute approximate surface area is 126 Å². The summed E-state index contributed by atoms with van der Waals surface area (Å²) in [6, 6.07) is 10.3. The Kier molecular flexibility index (Phi) is 4.16. The highest BCUT2D eigenvalue weighted by atomic mass is 79.9. The van der Waals surface area contributed by atoms with Crippen LogP contribution in [-0.2, 0) is 0 Å². The summed E-state index contributed by atoms with van der Waals surface area (Å²) in [6.07, 6.45) is 5.70. The molecule has 2 heterocycles. The number of hydrogen-bond donors (Lipinski definition) is 0. The van der Waals surface area contributed by atoms with Gasteiger partial charge in [0.05, 0.1) is 6.04 Å². The predicted molar refractivity (Wildman–Crippen MR) is 82.0 cm³/mol. The lowest BCUT2D eigenvalue weighted by Gasteiger charge is -2.25. The second-order valence-electron chi connectivity index (χ2n) is 4.82. The van der Waals surface area contributed by atoms with Crippen molar-refractivity contribution in [2.45, 2.75) is 18.9 Å². The van der Waals surface area contributed by atoms with Crippen molar-refractivity contribution in [3.8, 4) is 5.75 Å². The fourth-order valence-corrected chi connectivity index (χ4v) is 2.75. The number of nitrogens with zero attached hydrogens (tertiary/aromatic N) is 3. The summed E-state index contributed by atoms with van der Waals surface area (Å²) in [5.74, 6) is 1.89. The quantitative estimate of drug-likeness (QED) is 0.860. The first-order valence-corrected chi connectivity index (χ1v) is 7.53.